The Labute approximate surface area is 105 Å². The number of hydrogen-bond donors (Lipinski definition) is 1. The average molecular weight is 249 g/mol. The van der Waals surface area contributed by atoms with Gasteiger partial charge in [-0.25, -0.2) is 0 Å². The molecule has 4 nitrogen and oxygen atoms in total. The first kappa shape index (κ1) is 12.1. The molecule has 0 fully saturated rings. The molecule has 5 heteroatoms. The van der Waals surface area contributed by atoms with Gasteiger partial charge in [-0.05, 0) is 11.1 Å². The third-order valence-electron chi connectivity index (χ3n) is 2.51. The van der Waals surface area contributed by atoms with E-state index in [9.17, 15) is 0 Å². The van der Waals surface area contributed by atoms with Crippen molar-refractivity contribution in [3.8, 4) is 0 Å². The largest absolute Gasteiger partial charge is 0.392 e. The SMILES string of the molecule is Cn1cnnc1CSCc1ccc(CO)cc1. The van der Waals surface area contributed by atoms with Crippen molar-refractivity contribution in [1.82, 2.24) is 14.8 Å². The molecule has 0 bridgehead atoms. The Hall–Kier alpha value is -1.33. The molecule has 0 saturated heterocycles. The van der Waals surface area contributed by atoms with Crippen LogP contribution in [0.5, 0.6) is 0 Å². The molecule has 0 saturated carbocycles. The lowest BCUT2D eigenvalue weighted by molar-refractivity contribution is 0.282. The van der Waals surface area contributed by atoms with Gasteiger partial charge in [0.05, 0.1) is 12.4 Å². The van der Waals surface area contributed by atoms with Crippen LogP contribution in [0.25, 0.3) is 0 Å². The number of hydrogen-bond acceptors (Lipinski definition) is 4. The number of rotatable bonds is 5. The van der Waals surface area contributed by atoms with E-state index < -0.39 is 0 Å². The van der Waals surface area contributed by atoms with E-state index in [2.05, 4.69) is 22.3 Å². The standard InChI is InChI=1S/C12H15N3OS/c1-15-9-13-14-12(15)8-17-7-11-4-2-10(6-16)3-5-11/h2-5,9,16H,6-8H2,1H3. The monoisotopic (exact) mass is 249 g/mol. The summed E-state index contributed by atoms with van der Waals surface area (Å²) in [5.74, 6) is 2.79. The van der Waals surface area contributed by atoms with Gasteiger partial charge in [-0.1, -0.05) is 24.3 Å². The number of thioether (sulfide) groups is 1. The van der Waals surface area contributed by atoms with E-state index in [1.165, 1.54) is 5.56 Å². The van der Waals surface area contributed by atoms with Crippen molar-refractivity contribution in [3.05, 3.63) is 47.5 Å². The minimum atomic E-state index is 0.104. The Bertz CT molecular complexity index is 467. The van der Waals surface area contributed by atoms with Gasteiger partial charge in [0, 0.05) is 12.8 Å². The first-order valence-corrected chi connectivity index (χ1v) is 6.54. The number of aryl methyl sites for hydroxylation is 1. The second-order valence-corrected chi connectivity index (χ2v) is 4.81. The van der Waals surface area contributed by atoms with Crippen molar-refractivity contribution >= 4 is 11.8 Å². The van der Waals surface area contributed by atoms with Crippen LogP contribution in [-0.2, 0) is 25.2 Å². The van der Waals surface area contributed by atoms with Crippen LogP contribution in [0.1, 0.15) is 17.0 Å². The summed E-state index contributed by atoms with van der Waals surface area (Å²) in [5.41, 5.74) is 2.21. The van der Waals surface area contributed by atoms with Gasteiger partial charge in [0.2, 0.25) is 0 Å². The van der Waals surface area contributed by atoms with Crippen LogP contribution in [0, 0.1) is 0 Å². The maximum Gasteiger partial charge on any atom is 0.142 e. The molecule has 0 unspecified atom stereocenters. The summed E-state index contributed by atoms with van der Waals surface area (Å²) in [6.07, 6.45) is 1.71. The number of nitrogens with zero attached hydrogens (tertiary/aromatic N) is 3. The first-order valence-electron chi connectivity index (χ1n) is 5.39. The van der Waals surface area contributed by atoms with Crippen molar-refractivity contribution in [3.63, 3.8) is 0 Å². The smallest absolute Gasteiger partial charge is 0.142 e. The van der Waals surface area contributed by atoms with Crippen molar-refractivity contribution in [2.24, 2.45) is 7.05 Å². The zero-order valence-corrected chi connectivity index (χ0v) is 10.5. The molecule has 1 N–H and O–H groups in total. The second-order valence-electron chi connectivity index (χ2n) is 3.83. The van der Waals surface area contributed by atoms with E-state index in [4.69, 9.17) is 5.11 Å². The molecule has 0 aliphatic carbocycles. The Balaban J connectivity index is 1.83. The Morgan fingerprint density at radius 2 is 1.88 bits per heavy atom. The van der Waals surface area contributed by atoms with Crippen LogP contribution in [0.4, 0.5) is 0 Å². The third kappa shape index (κ3) is 3.31. The highest BCUT2D eigenvalue weighted by Crippen LogP contribution is 2.16. The lowest BCUT2D eigenvalue weighted by atomic mass is 10.2. The molecule has 2 aromatic rings. The number of aliphatic hydroxyl groups is 1. The molecular weight excluding hydrogens is 234 g/mol. The fraction of sp³-hybridized carbons (Fsp3) is 0.333. The van der Waals surface area contributed by atoms with E-state index in [1.54, 1.807) is 18.1 Å². The highest BCUT2D eigenvalue weighted by Gasteiger charge is 2.01. The summed E-state index contributed by atoms with van der Waals surface area (Å²) in [4.78, 5) is 0. The molecule has 17 heavy (non-hydrogen) atoms. The summed E-state index contributed by atoms with van der Waals surface area (Å²) in [5, 5.41) is 16.8. The minimum absolute atomic E-state index is 0.104. The number of aliphatic hydroxyl groups excluding tert-OH is 1. The van der Waals surface area contributed by atoms with Gasteiger partial charge in [-0.2, -0.15) is 0 Å². The number of benzene rings is 1. The van der Waals surface area contributed by atoms with Gasteiger partial charge in [-0.3, -0.25) is 0 Å². The molecular formula is C12H15N3OS. The lowest BCUT2D eigenvalue weighted by Gasteiger charge is -2.03. The highest BCUT2D eigenvalue weighted by atomic mass is 32.2. The number of aromatic nitrogens is 3. The summed E-state index contributed by atoms with van der Waals surface area (Å²) in [7, 11) is 1.95. The first-order chi connectivity index (χ1) is 8.29. The van der Waals surface area contributed by atoms with Crippen LogP contribution in [0.15, 0.2) is 30.6 Å². The molecule has 90 valence electrons. The predicted molar refractivity (Wildman–Crippen MR) is 68.4 cm³/mol. The zero-order valence-electron chi connectivity index (χ0n) is 9.71. The molecule has 0 aliphatic rings. The average Bonchev–Trinajstić information content (AvgIpc) is 2.76. The summed E-state index contributed by atoms with van der Waals surface area (Å²) >= 11 is 1.81. The van der Waals surface area contributed by atoms with Crippen molar-refractivity contribution < 1.29 is 5.11 Å². The maximum absolute atomic E-state index is 8.94. The summed E-state index contributed by atoms with van der Waals surface area (Å²) in [6, 6.07) is 8.01. The Morgan fingerprint density at radius 3 is 2.47 bits per heavy atom. The molecule has 0 aliphatic heterocycles. The normalized spacial score (nSPS) is 10.7. The molecule has 1 aromatic carbocycles. The minimum Gasteiger partial charge on any atom is -0.392 e. The maximum atomic E-state index is 8.94. The topological polar surface area (TPSA) is 50.9 Å². The summed E-state index contributed by atoms with van der Waals surface area (Å²) < 4.78 is 1.93. The molecule has 0 atom stereocenters. The van der Waals surface area contributed by atoms with Crippen molar-refractivity contribution in [2.45, 2.75) is 18.1 Å². The van der Waals surface area contributed by atoms with Gasteiger partial charge in [-0.15, -0.1) is 22.0 Å². The van der Waals surface area contributed by atoms with Gasteiger partial charge < -0.3 is 9.67 Å². The highest BCUT2D eigenvalue weighted by molar-refractivity contribution is 7.97. The Kier molecular flexibility index (Phi) is 4.17. The summed E-state index contributed by atoms with van der Waals surface area (Å²) in [6.45, 7) is 0.104. The molecule has 1 heterocycles. The van der Waals surface area contributed by atoms with E-state index >= 15 is 0 Å². The van der Waals surface area contributed by atoms with Gasteiger partial charge in [0.1, 0.15) is 12.2 Å². The third-order valence-corrected chi connectivity index (χ3v) is 3.51. The van der Waals surface area contributed by atoms with E-state index in [1.807, 2.05) is 23.7 Å². The van der Waals surface area contributed by atoms with Crippen LogP contribution in [0.2, 0.25) is 0 Å². The quantitative estimate of drug-likeness (QED) is 0.877. The molecule has 0 spiro atoms. The second kappa shape index (κ2) is 5.84. The van der Waals surface area contributed by atoms with Gasteiger partial charge in [0.25, 0.3) is 0 Å². The predicted octanol–water partition coefficient (Wildman–Crippen LogP) is 1.74. The van der Waals surface area contributed by atoms with E-state index in [-0.39, 0.29) is 6.61 Å². The Morgan fingerprint density at radius 1 is 1.18 bits per heavy atom. The van der Waals surface area contributed by atoms with Crippen LogP contribution >= 0.6 is 11.8 Å². The lowest BCUT2D eigenvalue weighted by Crippen LogP contribution is -1.95. The molecule has 0 radical (unpaired) electrons. The van der Waals surface area contributed by atoms with Crippen LogP contribution in [0.3, 0.4) is 0 Å². The zero-order chi connectivity index (χ0) is 12.1. The fourth-order valence-electron chi connectivity index (χ4n) is 1.44. The molecule has 2 rings (SSSR count). The fourth-order valence-corrected chi connectivity index (χ4v) is 2.41. The van der Waals surface area contributed by atoms with Gasteiger partial charge >= 0.3 is 0 Å². The van der Waals surface area contributed by atoms with Crippen LogP contribution in [-0.4, -0.2) is 19.9 Å². The van der Waals surface area contributed by atoms with Crippen molar-refractivity contribution in [2.75, 3.05) is 0 Å². The van der Waals surface area contributed by atoms with Gasteiger partial charge in [0.15, 0.2) is 0 Å². The van der Waals surface area contributed by atoms with Crippen molar-refractivity contribution in [1.29, 1.82) is 0 Å². The molecule has 1 aromatic heterocycles. The van der Waals surface area contributed by atoms with E-state index in [0.717, 1.165) is 22.9 Å². The molecule has 0 amide bonds. The van der Waals surface area contributed by atoms with E-state index in [0.29, 0.717) is 0 Å². The van der Waals surface area contributed by atoms with Crippen LogP contribution < -0.4 is 0 Å².